The largest absolute Gasteiger partial charge is 0.327 e. The van der Waals surface area contributed by atoms with Gasteiger partial charge < -0.3 is 14.3 Å². The van der Waals surface area contributed by atoms with Gasteiger partial charge in [0.15, 0.2) is 5.82 Å². The van der Waals surface area contributed by atoms with Gasteiger partial charge in [-0.05, 0) is 7.05 Å². The molecule has 2 heterocycles. The Balaban J connectivity index is 1.74. The van der Waals surface area contributed by atoms with Gasteiger partial charge in [0.05, 0.1) is 0 Å². The Morgan fingerprint density at radius 3 is 2.67 bits per heavy atom. The average molecular weight is 275 g/mol. The van der Waals surface area contributed by atoms with Crippen LogP contribution >= 0.6 is 15.9 Å². The van der Waals surface area contributed by atoms with Crippen molar-refractivity contribution in [2.45, 2.75) is 6.42 Å². The fraction of sp³-hybridized carbons (Fsp3) is 0.778. The molecular formula is C9H15BrN4O. The fourth-order valence-electron chi connectivity index (χ4n) is 1.66. The maximum Gasteiger partial charge on any atom is 0.293 e. The minimum absolute atomic E-state index is 0.468. The maximum atomic E-state index is 4.85. The monoisotopic (exact) mass is 274 g/mol. The second-order valence-corrected chi connectivity index (χ2v) is 4.54. The molecule has 0 atom stereocenters. The lowest BCUT2D eigenvalue weighted by molar-refractivity contribution is 0.154. The first-order valence-corrected chi connectivity index (χ1v) is 5.92. The Bertz CT molecular complexity index is 309. The number of rotatable bonds is 3. The molecule has 0 radical (unpaired) electrons. The molecule has 1 aliphatic heterocycles. The summed E-state index contributed by atoms with van der Waals surface area (Å²) in [6, 6.07) is 0. The summed E-state index contributed by atoms with van der Waals surface area (Å²) in [6.07, 6.45) is 0.860. The van der Waals surface area contributed by atoms with Gasteiger partial charge in [-0.1, -0.05) is 5.16 Å². The highest BCUT2D eigenvalue weighted by Gasteiger charge is 2.14. The van der Waals surface area contributed by atoms with Crippen LogP contribution < -0.4 is 0 Å². The van der Waals surface area contributed by atoms with Crippen molar-refractivity contribution in [3.05, 3.63) is 10.6 Å². The lowest BCUT2D eigenvalue weighted by atomic mass is 10.3. The first-order valence-electron chi connectivity index (χ1n) is 5.13. The van der Waals surface area contributed by atoms with E-state index < -0.39 is 0 Å². The van der Waals surface area contributed by atoms with Crippen LogP contribution in [-0.4, -0.2) is 59.7 Å². The Kier molecular flexibility index (Phi) is 3.71. The van der Waals surface area contributed by atoms with Crippen LogP contribution in [0.1, 0.15) is 5.82 Å². The molecule has 0 N–H and O–H groups in total. The lowest BCUT2D eigenvalue weighted by Gasteiger charge is -2.31. The van der Waals surface area contributed by atoms with Gasteiger partial charge in [-0.3, -0.25) is 0 Å². The summed E-state index contributed by atoms with van der Waals surface area (Å²) in [6.45, 7) is 5.58. The topological polar surface area (TPSA) is 45.4 Å². The molecule has 15 heavy (non-hydrogen) atoms. The van der Waals surface area contributed by atoms with E-state index in [2.05, 4.69) is 42.9 Å². The van der Waals surface area contributed by atoms with Gasteiger partial charge in [0.2, 0.25) is 0 Å². The average Bonchev–Trinajstić information content (AvgIpc) is 2.64. The molecule has 0 bridgehead atoms. The van der Waals surface area contributed by atoms with Gasteiger partial charge in [-0.15, -0.1) is 0 Å². The molecule has 0 amide bonds. The van der Waals surface area contributed by atoms with E-state index in [1.807, 2.05) is 0 Å². The highest BCUT2D eigenvalue weighted by Crippen LogP contribution is 2.06. The zero-order chi connectivity index (χ0) is 10.7. The summed E-state index contributed by atoms with van der Waals surface area (Å²) in [4.78, 5) is 9.36. The van der Waals surface area contributed by atoms with E-state index in [0.717, 1.165) is 45.0 Å². The van der Waals surface area contributed by atoms with E-state index in [9.17, 15) is 0 Å². The van der Waals surface area contributed by atoms with E-state index in [4.69, 9.17) is 4.52 Å². The number of likely N-dealkylation sites (N-methyl/N-ethyl adjacent to an activating group) is 1. The predicted octanol–water partition coefficient (Wildman–Crippen LogP) is 0.622. The Morgan fingerprint density at radius 1 is 1.33 bits per heavy atom. The molecule has 1 aromatic heterocycles. The van der Waals surface area contributed by atoms with E-state index in [1.54, 1.807) is 0 Å². The second kappa shape index (κ2) is 5.05. The molecule has 1 aromatic rings. The molecule has 2 rings (SSSR count). The summed E-state index contributed by atoms with van der Waals surface area (Å²) in [5.41, 5.74) is 0. The lowest BCUT2D eigenvalue weighted by Crippen LogP contribution is -2.45. The van der Waals surface area contributed by atoms with E-state index in [1.165, 1.54) is 0 Å². The minimum atomic E-state index is 0.468. The van der Waals surface area contributed by atoms with E-state index >= 15 is 0 Å². The molecule has 1 saturated heterocycles. The molecular weight excluding hydrogens is 260 g/mol. The van der Waals surface area contributed by atoms with Crippen molar-refractivity contribution in [1.82, 2.24) is 19.9 Å². The van der Waals surface area contributed by atoms with Crippen LogP contribution in [0.25, 0.3) is 0 Å². The van der Waals surface area contributed by atoms with Crippen molar-refractivity contribution in [2.75, 3.05) is 39.8 Å². The Hall–Kier alpha value is -0.460. The van der Waals surface area contributed by atoms with Crippen LogP contribution in [0.15, 0.2) is 9.32 Å². The second-order valence-electron chi connectivity index (χ2n) is 3.86. The number of hydrogen-bond acceptors (Lipinski definition) is 5. The molecule has 1 fully saturated rings. The summed E-state index contributed by atoms with van der Waals surface area (Å²) in [5, 5.41) is 3.85. The standard InChI is InChI=1S/C9H15BrN4O/c1-13-4-6-14(7-5-13)3-2-8-11-9(10)15-12-8/h2-7H2,1H3. The van der Waals surface area contributed by atoms with Gasteiger partial charge in [-0.25, -0.2) is 0 Å². The summed E-state index contributed by atoms with van der Waals surface area (Å²) in [5.74, 6) is 0.779. The number of nitrogens with zero attached hydrogens (tertiary/aromatic N) is 4. The minimum Gasteiger partial charge on any atom is -0.327 e. The van der Waals surface area contributed by atoms with Gasteiger partial charge >= 0.3 is 0 Å². The van der Waals surface area contributed by atoms with Crippen molar-refractivity contribution in [1.29, 1.82) is 0 Å². The molecule has 0 spiro atoms. The number of aromatic nitrogens is 2. The van der Waals surface area contributed by atoms with Crippen molar-refractivity contribution >= 4 is 15.9 Å². The van der Waals surface area contributed by atoms with Crippen LogP contribution in [0.5, 0.6) is 0 Å². The fourth-order valence-corrected chi connectivity index (χ4v) is 1.94. The van der Waals surface area contributed by atoms with Crippen molar-refractivity contribution in [3.8, 4) is 0 Å². The number of piperazine rings is 1. The van der Waals surface area contributed by atoms with Crippen molar-refractivity contribution in [2.24, 2.45) is 0 Å². The predicted molar refractivity (Wildman–Crippen MR) is 59.6 cm³/mol. The molecule has 0 unspecified atom stereocenters. The zero-order valence-corrected chi connectivity index (χ0v) is 10.4. The Morgan fingerprint density at radius 2 is 2.07 bits per heavy atom. The first kappa shape index (κ1) is 11.0. The van der Waals surface area contributed by atoms with Crippen LogP contribution in [0.4, 0.5) is 0 Å². The summed E-state index contributed by atoms with van der Waals surface area (Å²) >= 11 is 3.15. The van der Waals surface area contributed by atoms with Crippen molar-refractivity contribution in [3.63, 3.8) is 0 Å². The third kappa shape index (κ3) is 3.25. The summed E-state index contributed by atoms with van der Waals surface area (Å²) < 4.78 is 4.85. The van der Waals surface area contributed by atoms with Gasteiger partial charge in [0.1, 0.15) is 0 Å². The van der Waals surface area contributed by atoms with Gasteiger partial charge in [0.25, 0.3) is 4.80 Å². The molecule has 0 aromatic carbocycles. The Labute approximate surface area is 97.6 Å². The summed E-state index contributed by atoms with van der Waals surface area (Å²) in [7, 11) is 2.16. The quantitative estimate of drug-likeness (QED) is 0.809. The molecule has 5 nitrogen and oxygen atoms in total. The van der Waals surface area contributed by atoms with Gasteiger partial charge in [0, 0.05) is 55.1 Å². The van der Waals surface area contributed by atoms with Gasteiger partial charge in [-0.2, -0.15) is 4.98 Å². The number of hydrogen-bond donors (Lipinski definition) is 0. The molecule has 1 aliphatic rings. The molecule has 0 saturated carbocycles. The van der Waals surface area contributed by atoms with E-state index in [0.29, 0.717) is 4.80 Å². The smallest absolute Gasteiger partial charge is 0.293 e. The van der Waals surface area contributed by atoms with Crippen LogP contribution in [0.2, 0.25) is 0 Å². The normalized spacial score (nSPS) is 19.6. The number of halogens is 1. The van der Waals surface area contributed by atoms with Crippen LogP contribution in [0.3, 0.4) is 0 Å². The third-order valence-corrected chi connectivity index (χ3v) is 3.01. The zero-order valence-electron chi connectivity index (χ0n) is 8.82. The highest BCUT2D eigenvalue weighted by atomic mass is 79.9. The molecule has 0 aliphatic carbocycles. The first-order chi connectivity index (χ1) is 7.24. The van der Waals surface area contributed by atoms with E-state index in [-0.39, 0.29) is 0 Å². The highest BCUT2D eigenvalue weighted by molar-refractivity contribution is 9.10. The SMILES string of the molecule is CN1CCN(CCc2noc(Br)n2)CC1. The van der Waals surface area contributed by atoms with Crippen LogP contribution in [0, 0.1) is 0 Å². The molecule has 84 valence electrons. The maximum absolute atomic E-state index is 4.85. The third-order valence-electron chi connectivity index (χ3n) is 2.69. The van der Waals surface area contributed by atoms with Crippen LogP contribution in [-0.2, 0) is 6.42 Å². The molecule has 6 heteroatoms. The van der Waals surface area contributed by atoms with Crippen molar-refractivity contribution < 1.29 is 4.52 Å².